The summed E-state index contributed by atoms with van der Waals surface area (Å²) in [6, 6.07) is 1.26. The number of alkyl halides is 2. The van der Waals surface area contributed by atoms with Crippen LogP contribution in [0.1, 0.15) is 65.3 Å². The summed E-state index contributed by atoms with van der Waals surface area (Å²) in [6.45, 7) is 4.77. The van der Waals surface area contributed by atoms with E-state index in [0.29, 0.717) is 16.3 Å². The first-order chi connectivity index (χ1) is 13.3. The van der Waals surface area contributed by atoms with E-state index in [1.165, 1.54) is 17.4 Å². The number of aryl methyl sites for hydroxylation is 2. The highest BCUT2D eigenvalue weighted by molar-refractivity contribution is 7.17. The third-order valence-electron chi connectivity index (χ3n) is 4.42. The van der Waals surface area contributed by atoms with Gasteiger partial charge in [-0.3, -0.25) is 9.48 Å². The highest BCUT2D eigenvalue weighted by Crippen LogP contribution is 2.38. The number of carbonyl (C=O) groups excluding carboxylic acids is 2. The molecule has 0 spiro atoms. The number of hydrogen-bond donors (Lipinski definition) is 1. The first-order valence-corrected chi connectivity index (χ1v) is 10.1. The van der Waals surface area contributed by atoms with Crippen molar-refractivity contribution in [1.29, 1.82) is 0 Å². The molecule has 1 aliphatic carbocycles. The van der Waals surface area contributed by atoms with E-state index in [9.17, 15) is 18.4 Å². The number of halogens is 2. The average Bonchev–Trinajstić information content (AvgIpc) is 3.13. The number of amides is 1. The van der Waals surface area contributed by atoms with Crippen LogP contribution < -0.4 is 5.32 Å². The van der Waals surface area contributed by atoms with Crippen LogP contribution in [0.5, 0.6) is 0 Å². The van der Waals surface area contributed by atoms with E-state index in [2.05, 4.69) is 10.4 Å². The fraction of sp³-hybridized carbons (Fsp3) is 0.526. The van der Waals surface area contributed by atoms with Gasteiger partial charge in [0, 0.05) is 4.88 Å². The van der Waals surface area contributed by atoms with Gasteiger partial charge in [0.15, 0.2) is 0 Å². The van der Waals surface area contributed by atoms with Gasteiger partial charge in [0.25, 0.3) is 6.43 Å². The van der Waals surface area contributed by atoms with Gasteiger partial charge in [0.1, 0.15) is 17.2 Å². The maximum atomic E-state index is 13.1. The molecule has 0 unspecified atom stereocenters. The summed E-state index contributed by atoms with van der Waals surface area (Å²) < 4.78 is 32.6. The van der Waals surface area contributed by atoms with Crippen LogP contribution in [-0.2, 0) is 28.9 Å². The molecule has 152 valence electrons. The van der Waals surface area contributed by atoms with Crippen LogP contribution in [-0.4, -0.2) is 27.8 Å². The Morgan fingerprint density at radius 3 is 2.71 bits per heavy atom. The fourth-order valence-corrected chi connectivity index (χ4v) is 4.61. The largest absolute Gasteiger partial charge is 0.459 e. The number of carbonyl (C=O) groups is 2. The van der Waals surface area contributed by atoms with Crippen molar-refractivity contribution in [3.63, 3.8) is 0 Å². The van der Waals surface area contributed by atoms with Crippen LogP contribution in [0, 0.1) is 6.92 Å². The third kappa shape index (κ3) is 4.40. The minimum absolute atomic E-state index is 0.282. The van der Waals surface area contributed by atoms with Crippen molar-refractivity contribution in [1.82, 2.24) is 9.78 Å². The molecule has 2 aromatic rings. The van der Waals surface area contributed by atoms with Gasteiger partial charge in [0.2, 0.25) is 5.91 Å². The number of nitrogens with one attached hydrogen (secondary N) is 1. The number of thiophene rings is 1. The van der Waals surface area contributed by atoms with E-state index in [0.717, 1.165) is 40.8 Å². The Hall–Kier alpha value is -2.29. The number of rotatable bonds is 6. The first kappa shape index (κ1) is 20.4. The lowest BCUT2D eigenvalue weighted by Gasteiger charge is -2.14. The van der Waals surface area contributed by atoms with Crippen LogP contribution in [0.25, 0.3) is 0 Å². The second-order valence-electron chi connectivity index (χ2n) is 7.09. The molecule has 9 heteroatoms. The number of anilines is 1. The van der Waals surface area contributed by atoms with Crippen LogP contribution in [0.15, 0.2) is 6.07 Å². The molecule has 0 aliphatic heterocycles. The Morgan fingerprint density at radius 1 is 1.32 bits per heavy atom. The molecule has 28 heavy (non-hydrogen) atoms. The maximum absolute atomic E-state index is 13.1. The predicted octanol–water partition coefficient (Wildman–Crippen LogP) is 4.27. The quantitative estimate of drug-likeness (QED) is 0.721. The number of esters is 1. The topological polar surface area (TPSA) is 73.2 Å². The number of aromatic nitrogens is 2. The van der Waals surface area contributed by atoms with Gasteiger partial charge >= 0.3 is 5.97 Å². The molecule has 0 aromatic carbocycles. The van der Waals surface area contributed by atoms with Crippen LogP contribution >= 0.6 is 11.3 Å². The monoisotopic (exact) mass is 411 g/mol. The molecule has 0 bridgehead atoms. The van der Waals surface area contributed by atoms with E-state index >= 15 is 0 Å². The Labute approximate surface area is 165 Å². The van der Waals surface area contributed by atoms with E-state index in [1.54, 1.807) is 20.8 Å². The summed E-state index contributed by atoms with van der Waals surface area (Å²) in [5.41, 5.74) is 1.43. The first-order valence-electron chi connectivity index (χ1n) is 9.24. The predicted molar refractivity (Wildman–Crippen MR) is 102 cm³/mol. The van der Waals surface area contributed by atoms with Gasteiger partial charge in [-0.25, -0.2) is 13.6 Å². The van der Waals surface area contributed by atoms with Gasteiger partial charge in [-0.1, -0.05) is 0 Å². The van der Waals surface area contributed by atoms with Gasteiger partial charge in [0.05, 0.1) is 17.4 Å². The third-order valence-corrected chi connectivity index (χ3v) is 5.63. The van der Waals surface area contributed by atoms with Crippen molar-refractivity contribution < 1.29 is 23.1 Å². The maximum Gasteiger partial charge on any atom is 0.341 e. The van der Waals surface area contributed by atoms with Gasteiger partial charge in [-0.2, -0.15) is 5.10 Å². The Bertz CT molecular complexity index is 889. The SMILES string of the molecule is Cc1cc(C(F)F)n(CC(=O)Nc2sc3c(c2C(=O)OC(C)C)CCCC3)n1. The summed E-state index contributed by atoms with van der Waals surface area (Å²) in [7, 11) is 0. The summed E-state index contributed by atoms with van der Waals surface area (Å²) >= 11 is 1.36. The molecule has 6 nitrogen and oxygen atoms in total. The van der Waals surface area contributed by atoms with Gasteiger partial charge < -0.3 is 10.1 Å². The second-order valence-corrected chi connectivity index (χ2v) is 8.19. The van der Waals surface area contributed by atoms with E-state index in [-0.39, 0.29) is 18.3 Å². The van der Waals surface area contributed by atoms with Crippen molar-refractivity contribution in [2.75, 3.05) is 5.32 Å². The average molecular weight is 411 g/mol. The van der Waals surface area contributed by atoms with Crippen LogP contribution in [0.4, 0.5) is 13.8 Å². The van der Waals surface area contributed by atoms with E-state index in [1.807, 2.05) is 0 Å². The van der Waals surface area contributed by atoms with Crippen molar-refractivity contribution in [3.05, 3.63) is 33.5 Å². The molecule has 2 aromatic heterocycles. The van der Waals surface area contributed by atoms with Gasteiger partial charge in [-0.05, 0) is 58.1 Å². The smallest absolute Gasteiger partial charge is 0.341 e. The zero-order valence-corrected chi connectivity index (χ0v) is 16.9. The minimum Gasteiger partial charge on any atom is -0.459 e. The summed E-state index contributed by atoms with van der Waals surface area (Å²) in [4.78, 5) is 26.2. The second kappa shape index (κ2) is 8.38. The van der Waals surface area contributed by atoms with Crippen LogP contribution in [0.2, 0.25) is 0 Å². The number of hydrogen-bond acceptors (Lipinski definition) is 5. The lowest BCUT2D eigenvalue weighted by Crippen LogP contribution is -2.22. The molecule has 0 saturated heterocycles. The van der Waals surface area contributed by atoms with Crippen molar-refractivity contribution in [2.45, 2.75) is 65.5 Å². The molecule has 0 fully saturated rings. The molecule has 1 aliphatic rings. The lowest BCUT2D eigenvalue weighted by atomic mass is 9.95. The van der Waals surface area contributed by atoms with Crippen molar-refractivity contribution >= 4 is 28.2 Å². The van der Waals surface area contributed by atoms with Crippen molar-refractivity contribution in [2.24, 2.45) is 0 Å². The summed E-state index contributed by atoms with van der Waals surface area (Å²) in [5, 5.41) is 7.10. The standard InChI is InChI=1S/C19H23F2N3O3S/c1-10(2)27-19(26)16-12-6-4-5-7-14(12)28-18(16)22-15(25)9-24-13(17(20)21)8-11(3)23-24/h8,10,17H,4-7,9H2,1-3H3,(H,22,25). The van der Waals surface area contributed by atoms with Gasteiger partial charge in [-0.15, -0.1) is 11.3 Å². The molecular weight excluding hydrogens is 388 g/mol. The van der Waals surface area contributed by atoms with E-state index < -0.39 is 18.3 Å². The molecule has 0 radical (unpaired) electrons. The summed E-state index contributed by atoms with van der Waals surface area (Å²) in [5.74, 6) is -0.977. The Morgan fingerprint density at radius 2 is 2.04 bits per heavy atom. The Kier molecular flexibility index (Phi) is 6.12. The highest BCUT2D eigenvalue weighted by atomic mass is 32.1. The summed E-state index contributed by atoms with van der Waals surface area (Å²) in [6.07, 6.45) is 0.618. The number of ether oxygens (including phenoxy) is 1. The zero-order chi connectivity index (χ0) is 20.4. The number of fused-ring (bicyclic) bond motifs is 1. The normalized spacial score (nSPS) is 13.7. The fourth-order valence-electron chi connectivity index (χ4n) is 3.31. The van der Waals surface area contributed by atoms with Crippen molar-refractivity contribution in [3.8, 4) is 0 Å². The molecule has 0 saturated carbocycles. The molecule has 1 N–H and O–H groups in total. The lowest BCUT2D eigenvalue weighted by molar-refractivity contribution is -0.117. The number of nitrogens with zero attached hydrogens (tertiary/aromatic N) is 2. The van der Waals surface area contributed by atoms with E-state index in [4.69, 9.17) is 4.74 Å². The molecule has 2 heterocycles. The van der Waals surface area contributed by atoms with Crippen LogP contribution in [0.3, 0.4) is 0 Å². The molecule has 1 amide bonds. The molecular formula is C19H23F2N3O3S. The highest BCUT2D eigenvalue weighted by Gasteiger charge is 2.28. The zero-order valence-electron chi connectivity index (χ0n) is 16.1. The minimum atomic E-state index is -2.72. The molecule has 3 rings (SSSR count). The Balaban J connectivity index is 1.84. The molecule has 0 atom stereocenters.